The van der Waals surface area contributed by atoms with Gasteiger partial charge in [-0.2, -0.15) is 0 Å². The van der Waals surface area contributed by atoms with E-state index < -0.39 is 0 Å². The first-order chi connectivity index (χ1) is 13.0. The maximum absolute atomic E-state index is 13.1. The zero-order valence-corrected chi connectivity index (χ0v) is 16.0. The second-order valence-electron chi connectivity index (χ2n) is 9.51. The Balaban J connectivity index is 1.27. The Bertz CT molecular complexity index is 739. The number of nitrogens with one attached hydrogen (secondary N) is 2. The number of hydrogen-bond donors (Lipinski definition) is 2. The van der Waals surface area contributed by atoms with Crippen molar-refractivity contribution in [1.82, 2.24) is 5.32 Å². The van der Waals surface area contributed by atoms with Gasteiger partial charge in [-0.05, 0) is 80.8 Å². The summed E-state index contributed by atoms with van der Waals surface area (Å²) in [4.78, 5) is 26.8. The van der Waals surface area contributed by atoms with Crippen LogP contribution in [0.2, 0.25) is 0 Å². The zero-order valence-electron chi connectivity index (χ0n) is 16.0. The average Bonchev–Trinajstić information content (AvgIpc) is 2.64. The number of fused-ring (bicyclic) bond motifs is 1. The second kappa shape index (κ2) is 6.33. The number of rotatable bonds is 4. The van der Waals surface area contributed by atoms with Crippen LogP contribution in [-0.4, -0.2) is 30.9 Å². The number of hydrogen-bond acceptors (Lipinski definition) is 3. The molecule has 6 rings (SSSR count). The summed E-state index contributed by atoms with van der Waals surface area (Å²) < 4.78 is 0. The molecule has 4 bridgehead atoms. The molecule has 0 unspecified atom stereocenters. The fourth-order valence-corrected chi connectivity index (χ4v) is 6.63. The smallest absolute Gasteiger partial charge is 0.244 e. The van der Waals surface area contributed by atoms with Crippen LogP contribution >= 0.6 is 0 Å². The van der Waals surface area contributed by atoms with Gasteiger partial charge in [-0.3, -0.25) is 14.5 Å². The Hall–Kier alpha value is -1.88. The summed E-state index contributed by atoms with van der Waals surface area (Å²) in [5.41, 5.74) is 1.92. The second-order valence-corrected chi connectivity index (χ2v) is 9.51. The largest absolute Gasteiger partial charge is 0.323 e. The number of carbonyl (C=O) groups excluding carboxylic acids is 2. The van der Waals surface area contributed by atoms with E-state index >= 15 is 0 Å². The minimum Gasteiger partial charge on any atom is -0.323 e. The Morgan fingerprint density at radius 3 is 2.48 bits per heavy atom. The lowest BCUT2D eigenvalue weighted by Crippen LogP contribution is -2.55. The van der Waals surface area contributed by atoms with Gasteiger partial charge in [0.2, 0.25) is 11.8 Å². The molecule has 144 valence electrons. The first kappa shape index (κ1) is 17.2. The van der Waals surface area contributed by atoms with Crippen molar-refractivity contribution in [3.63, 3.8) is 0 Å². The average molecular weight is 367 g/mol. The minimum atomic E-state index is -0.281. The summed E-state index contributed by atoms with van der Waals surface area (Å²) in [5.74, 6) is 2.61. The zero-order chi connectivity index (χ0) is 18.6. The monoisotopic (exact) mass is 367 g/mol. The quantitative estimate of drug-likeness (QED) is 0.859. The van der Waals surface area contributed by atoms with Crippen molar-refractivity contribution in [3.8, 4) is 0 Å². The van der Waals surface area contributed by atoms with E-state index in [0.717, 1.165) is 35.7 Å². The van der Waals surface area contributed by atoms with Crippen LogP contribution in [0, 0.1) is 23.2 Å². The highest BCUT2D eigenvalue weighted by atomic mass is 16.2. The van der Waals surface area contributed by atoms with Crippen molar-refractivity contribution >= 4 is 23.2 Å². The molecule has 5 nitrogen and oxygen atoms in total. The molecule has 1 aromatic rings. The molecule has 1 aliphatic heterocycles. The fraction of sp³-hybridized carbons (Fsp3) is 0.636. The predicted molar refractivity (Wildman–Crippen MR) is 105 cm³/mol. The van der Waals surface area contributed by atoms with E-state index in [0.29, 0.717) is 5.41 Å². The molecule has 4 aliphatic carbocycles. The van der Waals surface area contributed by atoms with Crippen LogP contribution in [0.25, 0.3) is 0 Å². The summed E-state index contributed by atoms with van der Waals surface area (Å²) in [5, 5.41) is 6.41. The van der Waals surface area contributed by atoms with E-state index in [1.54, 1.807) is 4.90 Å². The fourth-order valence-electron chi connectivity index (χ4n) is 6.63. The third-order valence-electron chi connectivity index (χ3n) is 7.36. The van der Waals surface area contributed by atoms with Crippen LogP contribution < -0.4 is 15.5 Å². The van der Waals surface area contributed by atoms with E-state index in [-0.39, 0.29) is 24.4 Å². The standard InChI is InChI=1S/C22H29N3O2/c1-14(21(27)25-12-20(26)24-18-4-2-3-5-19(18)25)23-13-22-9-15-6-16(10-22)8-17(7-15)11-22/h2-5,14-17,23H,6-13H2,1H3,(H,24,26)/t14-,15?,16?,17?,22?/m1/s1. The first-order valence-corrected chi connectivity index (χ1v) is 10.4. The van der Waals surface area contributed by atoms with Gasteiger partial charge in [-0.25, -0.2) is 0 Å². The lowest BCUT2D eigenvalue weighted by molar-refractivity contribution is -0.123. The summed E-state index contributed by atoms with van der Waals surface area (Å²) in [7, 11) is 0. The Labute approximate surface area is 160 Å². The van der Waals surface area contributed by atoms with Crippen molar-refractivity contribution in [1.29, 1.82) is 0 Å². The van der Waals surface area contributed by atoms with Crippen LogP contribution in [0.5, 0.6) is 0 Å². The third-order valence-corrected chi connectivity index (χ3v) is 7.36. The highest BCUT2D eigenvalue weighted by Gasteiger charge is 2.50. The van der Waals surface area contributed by atoms with Crippen LogP contribution in [0.3, 0.4) is 0 Å². The van der Waals surface area contributed by atoms with Gasteiger partial charge < -0.3 is 10.6 Å². The number of carbonyl (C=O) groups is 2. The molecule has 1 heterocycles. The minimum absolute atomic E-state index is 0.0120. The molecule has 4 saturated carbocycles. The van der Waals surface area contributed by atoms with E-state index in [1.165, 1.54) is 38.5 Å². The van der Waals surface area contributed by atoms with Gasteiger partial charge in [0.25, 0.3) is 0 Å². The summed E-state index contributed by atoms with van der Waals surface area (Å²) in [6, 6.07) is 7.25. The van der Waals surface area contributed by atoms with Gasteiger partial charge >= 0.3 is 0 Å². The van der Waals surface area contributed by atoms with Crippen LogP contribution in [-0.2, 0) is 9.59 Å². The van der Waals surface area contributed by atoms with Gasteiger partial charge in [-0.15, -0.1) is 0 Å². The van der Waals surface area contributed by atoms with Crippen molar-refractivity contribution in [3.05, 3.63) is 24.3 Å². The lowest BCUT2D eigenvalue weighted by atomic mass is 9.49. The molecule has 1 aromatic carbocycles. The molecular formula is C22H29N3O2. The van der Waals surface area contributed by atoms with Crippen molar-refractivity contribution in [2.24, 2.45) is 23.2 Å². The third kappa shape index (κ3) is 3.06. The highest BCUT2D eigenvalue weighted by molar-refractivity contribution is 6.11. The maximum atomic E-state index is 13.1. The predicted octanol–water partition coefficient (Wildman–Crippen LogP) is 3.17. The molecule has 5 aliphatic rings. The van der Waals surface area contributed by atoms with E-state index in [2.05, 4.69) is 10.6 Å². The number of amides is 2. The molecule has 27 heavy (non-hydrogen) atoms. The van der Waals surface area contributed by atoms with Gasteiger partial charge in [0.15, 0.2) is 0 Å². The van der Waals surface area contributed by atoms with Crippen molar-refractivity contribution in [2.45, 2.75) is 51.5 Å². The van der Waals surface area contributed by atoms with E-state index in [4.69, 9.17) is 0 Å². The summed E-state index contributed by atoms with van der Waals surface area (Å²) in [6.07, 6.45) is 8.32. The molecule has 4 fully saturated rings. The topological polar surface area (TPSA) is 61.4 Å². The molecular weight excluding hydrogens is 338 g/mol. The molecule has 1 atom stereocenters. The van der Waals surface area contributed by atoms with Gasteiger partial charge in [-0.1, -0.05) is 12.1 Å². The lowest BCUT2D eigenvalue weighted by Gasteiger charge is -2.57. The molecule has 2 N–H and O–H groups in total. The number of nitrogens with zero attached hydrogens (tertiary/aromatic N) is 1. The SMILES string of the molecule is C[C@@H](NCC12CC3CC(CC(C3)C1)C2)C(=O)N1CC(=O)Nc2ccccc21. The van der Waals surface area contributed by atoms with Gasteiger partial charge in [0, 0.05) is 6.54 Å². The van der Waals surface area contributed by atoms with Crippen LogP contribution in [0.4, 0.5) is 11.4 Å². The Morgan fingerprint density at radius 1 is 1.19 bits per heavy atom. The van der Waals surface area contributed by atoms with E-state index in [9.17, 15) is 9.59 Å². The van der Waals surface area contributed by atoms with Gasteiger partial charge in [0.05, 0.1) is 17.4 Å². The van der Waals surface area contributed by atoms with E-state index in [1.807, 2.05) is 31.2 Å². The number of anilines is 2. The molecule has 0 radical (unpaired) electrons. The molecule has 0 saturated heterocycles. The summed E-state index contributed by atoms with van der Waals surface area (Å²) >= 11 is 0. The molecule has 0 spiro atoms. The van der Waals surface area contributed by atoms with Crippen molar-refractivity contribution < 1.29 is 9.59 Å². The highest BCUT2D eigenvalue weighted by Crippen LogP contribution is 2.59. The molecule has 5 heteroatoms. The van der Waals surface area contributed by atoms with Crippen LogP contribution in [0.1, 0.15) is 45.4 Å². The number of para-hydroxylation sites is 2. The first-order valence-electron chi connectivity index (χ1n) is 10.4. The Morgan fingerprint density at radius 2 is 1.81 bits per heavy atom. The van der Waals surface area contributed by atoms with Gasteiger partial charge in [0.1, 0.15) is 6.54 Å². The molecule has 2 amide bonds. The normalized spacial score (nSPS) is 34.9. The Kier molecular flexibility index (Phi) is 4.04. The van der Waals surface area contributed by atoms with Crippen molar-refractivity contribution in [2.75, 3.05) is 23.3 Å². The molecule has 0 aromatic heterocycles. The maximum Gasteiger partial charge on any atom is 0.244 e. The number of benzene rings is 1. The van der Waals surface area contributed by atoms with Crippen LogP contribution in [0.15, 0.2) is 24.3 Å². The summed E-state index contributed by atoms with van der Waals surface area (Å²) in [6.45, 7) is 2.97.